The molecule has 1 aromatic heterocycles. The normalized spacial score (nSPS) is 13.3. The maximum Gasteiger partial charge on any atom is 0.0307 e. The van der Waals surface area contributed by atoms with Crippen LogP contribution in [-0.4, -0.2) is 18.1 Å². The molecule has 4 N–H and O–H groups in total. The van der Waals surface area contributed by atoms with Crippen molar-refractivity contribution in [2.45, 2.75) is 13.0 Å². The van der Waals surface area contributed by atoms with Gasteiger partial charge < -0.3 is 16.0 Å². The molecule has 11 heavy (non-hydrogen) atoms. The van der Waals surface area contributed by atoms with E-state index < -0.39 is 0 Å². The number of rotatable bonds is 4. The predicted octanol–water partition coefficient (Wildman–Crippen LogP) is 0.624. The van der Waals surface area contributed by atoms with Crippen molar-refractivity contribution >= 4 is 0 Å². The average molecular weight is 153 g/mol. The molecular weight excluding hydrogens is 138 g/mol. The maximum atomic E-state index is 5.36. The van der Waals surface area contributed by atoms with Gasteiger partial charge in [0.1, 0.15) is 0 Å². The van der Waals surface area contributed by atoms with Crippen LogP contribution < -0.4 is 11.1 Å². The fourth-order valence-electron chi connectivity index (χ4n) is 1.02. The summed E-state index contributed by atoms with van der Waals surface area (Å²) < 4.78 is 0. The van der Waals surface area contributed by atoms with Crippen molar-refractivity contribution in [1.82, 2.24) is 10.3 Å². The van der Waals surface area contributed by atoms with Crippen molar-refractivity contribution in [3.05, 3.63) is 24.0 Å². The monoisotopic (exact) mass is 153 g/mol. The van der Waals surface area contributed by atoms with Crippen molar-refractivity contribution in [3.63, 3.8) is 0 Å². The number of aromatic nitrogens is 1. The first-order chi connectivity index (χ1) is 5.34. The van der Waals surface area contributed by atoms with Crippen LogP contribution in [0.1, 0.15) is 18.5 Å². The van der Waals surface area contributed by atoms with E-state index in [1.807, 2.05) is 12.4 Å². The second-order valence-corrected chi connectivity index (χ2v) is 2.61. The molecule has 0 radical (unpaired) electrons. The summed E-state index contributed by atoms with van der Waals surface area (Å²) in [6, 6.07) is 2.46. The molecule has 1 unspecified atom stereocenters. The molecule has 1 heterocycles. The van der Waals surface area contributed by atoms with Crippen LogP contribution in [0.2, 0.25) is 0 Å². The van der Waals surface area contributed by atoms with E-state index in [0.29, 0.717) is 12.6 Å². The molecule has 0 spiro atoms. The van der Waals surface area contributed by atoms with Crippen LogP contribution in [0.3, 0.4) is 0 Å². The second-order valence-electron chi connectivity index (χ2n) is 2.61. The zero-order valence-electron chi connectivity index (χ0n) is 6.80. The Kier molecular flexibility index (Phi) is 3.14. The van der Waals surface area contributed by atoms with Crippen LogP contribution in [0.25, 0.3) is 0 Å². The predicted molar refractivity (Wildman–Crippen MR) is 46.3 cm³/mol. The van der Waals surface area contributed by atoms with Gasteiger partial charge >= 0.3 is 0 Å². The topological polar surface area (TPSA) is 53.8 Å². The van der Waals surface area contributed by atoms with Gasteiger partial charge in [0.25, 0.3) is 0 Å². The third-order valence-corrected chi connectivity index (χ3v) is 1.72. The first-order valence-electron chi connectivity index (χ1n) is 3.90. The zero-order valence-corrected chi connectivity index (χ0v) is 6.80. The number of nitrogens with two attached hydrogens (primary N) is 1. The second kappa shape index (κ2) is 4.16. The summed E-state index contributed by atoms with van der Waals surface area (Å²) in [7, 11) is 0. The Morgan fingerprint density at radius 1 is 1.73 bits per heavy atom. The third kappa shape index (κ3) is 2.37. The molecule has 0 aliphatic carbocycles. The molecular formula is C8H15N3. The van der Waals surface area contributed by atoms with Crippen LogP contribution in [-0.2, 0) is 0 Å². The fourth-order valence-corrected chi connectivity index (χ4v) is 1.02. The number of hydrogen-bond donors (Lipinski definition) is 3. The van der Waals surface area contributed by atoms with Gasteiger partial charge in [0.2, 0.25) is 0 Å². The molecule has 0 fully saturated rings. The standard InChI is InChI=1S/C8H15N3/c1-7(11-5-3-9)8-2-4-10-6-8/h2,4,6-7,10-11H,3,5,9H2,1H3. The van der Waals surface area contributed by atoms with E-state index in [4.69, 9.17) is 5.73 Å². The Labute approximate surface area is 67.0 Å². The molecule has 62 valence electrons. The Morgan fingerprint density at radius 3 is 3.09 bits per heavy atom. The van der Waals surface area contributed by atoms with Crippen molar-refractivity contribution in [2.24, 2.45) is 5.73 Å². The Hall–Kier alpha value is -0.800. The van der Waals surface area contributed by atoms with E-state index in [1.54, 1.807) is 0 Å². The number of nitrogens with one attached hydrogen (secondary N) is 2. The van der Waals surface area contributed by atoms with Gasteiger partial charge in [-0.05, 0) is 18.6 Å². The van der Waals surface area contributed by atoms with E-state index in [9.17, 15) is 0 Å². The highest BCUT2D eigenvalue weighted by Crippen LogP contribution is 2.09. The molecule has 3 nitrogen and oxygen atoms in total. The number of hydrogen-bond acceptors (Lipinski definition) is 2. The summed E-state index contributed by atoms with van der Waals surface area (Å²) in [5.74, 6) is 0. The van der Waals surface area contributed by atoms with Gasteiger partial charge in [0, 0.05) is 31.5 Å². The molecule has 0 saturated heterocycles. The van der Waals surface area contributed by atoms with Gasteiger partial charge in [-0.1, -0.05) is 0 Å². The summed E-state index contributed by atoms with van der Waals surface area (Å²) in [4.78, 5) is 3.02. The molecule has 1 atom stereocenters. The number of H-pyrrole nitrogens is 1. The van der Waals surface area contributed by atoms with Crippen molar-refractivity contribution in [2.75, 3.05) is 13.1 Å². The summed E-state index contributed by atoms with van der Waals surface area (Å²) in [6.07, 6.45) is 3.92. The Balaban J connectivity index is 2.36. The Morgan fingerprint density at radius 2 is 2.55 bits per heavy atom. The lowest BCUT2D eigenvalue weighted by Gasteiger charge is -2.10. The molecule has 0 bridgehead atoms. The molecule has 0 saturated carbocycles. The lowest BCUT2D eigenvalue weighted by atomic mass is 10.2. The SMILES string of the molecule is CC(NCCN)c1cc[nH]c1. The quantitative estimate of drug-likeness (QED) is 0.594. The van der Waals surface area contributed by atoms with Crippen molar-refractivity contribution < 1.29 is 0 Å². The highest BCUT2D eigenvalue weighted by Gasteiger charge is 2.02. The molecule has 0 amide bonds. The van der Waals surface area contributed by atoms with Gasteiger partial charge in [-0.15, -0.1) is 0 Å². The van der Waals surface area contributed by atoms with Gasteiger partial charge in [0.05, 0.1) is 0 Å². The smallest absolute Gasteiger partial charge is 0.0307 e. The highest BCUT2D eigenvalue weighted by atomic mass is 14.9. The first kappa shape index (κ1) is 8.30. The van der Waals surface area contributed by atoms with Crippen LogP contribution in [0.15, 0.2) is 18.5 Å². The lowest BCUT2D eigenvalue weighted by Crippen LogP contribution is -2.25. The first-order valence-corrected chi connectivity index (χ1v) is 3.90. The summed E-state index contributed by atoms with van der Waals surface area (Å²) in [6.45, 7) is 3.68. The largest absolute Gasteiger partial charge is 0.367 e. The van der Waals surface area contributed by atoms with Gasteiger partial charge in [0.15, 0.2) is 0 Å². The summed E-state index contributed by atoms with van der Waals surface area (Å²) in [5.41, 5.74) is 6.64. The van der Waals surface area contributed by atoms with E-state index in [-0.39, 0.29) is 0 Å². The minimum absolute atomic E-state index is 0.393. The Bertz CT molecular complexity index is 181. The van der Waals surface area contributed by atoms with E-state index in [2.05, 4.69) is 23.3 Å². The van der Waals surface area contributed by atoms with Gasteiger partial charge in [-0.2, -0.15) is 0 Å². The van der Waals surface area contributed by atoms with Gasteiger partial charge in [-0.25, -0.2) is 0 Å². The van der Waals surface area contributed by atoms with E-state index in [0.717, 1.165) is 6.54 Å². The number of aromatic amines is 1. The van der Waals surface area contributed by atoms with Crippen LogP contribution in [0.4, 0.5) is 0 Å². The molecule has 1 rings (SSSR count). The van der Waals surface area contributed by atoms with Crippen LogP contribution >= 0.6 is 0 Å². The summed E-state index contributed by atoms with van der Waals surface area (Å²) in [5, 5.41) is 3.29. The van der Waals surface area contributed by atoms with E-state index >= 15 is 0 Å². The van der Waals surface area contributed by atoms with E-state index in [1.165, 1.54) is 5.56 Å². The summed E-state index contributed by atoms with van der Waals surface area (Å²) >= 11 is 0. The van der Waals surface area contributed by atoms with Crippen LogP contribution in [0.5, 0.6) is 0 Å². The minimum atomic E-state index is 0.393. The molecule has 3 heteroatoms. The molecule has 0 aliphatic heterocycles. The molecule has 1 aromatic rings. The van der Waals surface area contributed by atoms with Crippen molar-refractivity contribution in [3.8, 4) is 0 Å². The average Bonchev–Trinajstić information content (AvgIpc) is 2.52. The fraction of sp³-hybridized carbons (Fsp3) is 0.500. The maximum absolute atomic E-state index is 5.36. The minimum Gasteiger partial charge on any atom is -0.367 e. The molecule has 0 aromatic carbocycles. The van der Waals surface area contributed by atoms with Gasteiger partial charge in [-0.3, -0.25) is 0 Å². The van der Waals surface area contributed by atoms with Crippen molar-refractivity contribution in [1.29, 1.82) is 0 Å². The molecule has 0 aliphatic rings. The van der Waals surface area contributed by atoms with Crippen LogP contribution in [0, 0.1) is 0 Å². The zero-order chi connectivity index (χ0) is 8.10. The highest BCUT2D eigenvalue weighted by molar-refractivity contribution is 5.12. The third-order valence-electron chi connectivity index (χ3n) is 1.72. The lowest BCUT2D eigenvalue weighted by molar-refractivity contribution is 0.583.